The number of rotatable bonds is 9. The minimum Gasteiger partial charge on any atom is -0.481 e. The zero-order valence-corrected chi connectivity index (χ0v) is 17.5. The van der Waals surface area contributed by atoms with E-state index in [1.807, 2.05) is 36.1 Å². The summed E-state index contributed by atoms with van der Waals surface area (Å²) in [5.41, 5.74) is 0.994. The number of carboxylic acids is 1. The Kier molecular flexibility index (Phi) is 7.12. The van der Waals surface area contributed by atoms with Gasteiger partial charge in [0.15, 0.2) is 0 Å². The van der Waals surface area contributed by atoms with Crippen molar-refractivity contribution in [2.24, 2.45) is 5.92 Å². The lowest BCUT2D eigenvalue weighted by atomic mass is 9.85. The second-order valence-electron chi connectivity index (χ2n) is 7.59. The van der Waals surface area contributed by atoms with Crippen molar-refractivity contribution in [1.29, 1.82) is 0 Å². The Hall–Kier alpha value is -1.44. The van der Waals surface area contributed by atoms with E-state index in [-0.39, 0.29) is 29.7 Å². The summed E-state index contributed by atoms with van der Waals surface area (Å²) in [6, 6.07) is 7.19. The molecule has 1 saturated carbocycles. The highest BCUT2D eigenvalue weighted by atomic mass is 35.5. The fourth-order valence-corrected chi connectivity index (χ4v) is 5.13. The first-order valence-corrected chi connectivity index (χ1v) is 11.4. The minimum absolute atomic E-state index is 0.126. The molecule has 2 aliphatic rings. The molecule has 6 nitrogen and oxygen atoms in total. The monoisotopic (exact) mass is 426 g/mol. The van der Waals surface area contributed by atoms with Gasteiger partial charge in [0.2, 0.25) is 5.91 Å². The zero-order valence-electron chi connectivity index (χ0n) is 16.0. The van der Waals surface area contributed by atoms with Crippen molar-refractivity contribution in [3.8, 4) is 0 Å². The van der Waals surface area contributed by atoms with Crippen LogP contribution in [0.15, 0.2) is 24.3 Å². The van der Waals surface area contributed by atoms with Gasteiger partial charge in [0, 0.05) is 28.8 Å². The minimum atomic E-state index is -1.07. The summed E-state index contributed by atoms with van der Waals surface area (Å²) in [6.07, 6.45) is 3.76. The van der Waals surface area contributed by atoms with E-state index >= 15 is 0 Å². The molecule has 2 fully saturated rings. The largest absolute Gasteiger partial charge is 0.481 e. The van der Waals surface area contributed by atoms with Crippen LogP contribution < -0.4 is 4.72 Å². The van der Waals surface area contributed by atoms with E-state index in [0.29, 0.717) is 30.8 Å². The number of carbonyl (C=O) groups is 2. The molecule has 4 atom stereocenters. The van der Waals surface area contributed by atoms with Gasteiger partial charge in [-0.1, -0.05) is 30.7 Å². The van der Waals surface area contributed by atoms with Gasteiger partial charge < -0.3 is 10.0 Å². The summed E-state index contributed by atoms with van der Waals surface area (Å²) < 4.78 is 15.3. The van der Waals surface area contributed by atoms with Gasteiger partial charge in [-0.15, -0.1) is 0 Å². The Balaban J connectivity index is 1.82. The first-order valence-electron chi connectivity index (χ1n) is 9.84. The molecule has 1 aliphatic heterocycles. The van der Waals surface area contributed by atoms with Crippen LogP contribution in [-0.2, 0) is 20.6 Å². The van der Waals surface area contributed by atoms with Crippen LogP contribution in [0.4, 0.5) is 0 Å². The third kappa shape index (κ3) is 5.13. The lowest BCUT2D eigenvalue weighted by Gasteiger charge is -2.44. The number of benzene rings is 1. The number of carbonyl (C=O) groups excluding carboxylic acids is 1. The van der Waals surface area contributed by atoms with Crippen molar-refractivity contribution in [2.75, 3.05) is 6.54 Å². The second kappa shape index (κ2) is 9.37. The number of aliphatic carboxylic acids is 1. The van der Waals surface area contributed by atoms with E-state index in [2.05, 4.69) is 4.72 Å². The number of halogens is 1. The number of carboxylic acid groups (broad SMARTS) is 1. The number of nitrogens with zero attached hydrogens (tertiary/aromatic N) is 1. The highest BCUT2D eigenvalue weighted by Gasteiger charge is 2.40. The number of likely N-dealkylation sites (tertiary alicyclic amines) is 1. The summed E-state index contributed by atoms with van der Waals surface area (Å²) in [7, 11) is -1.07. The number of piperidine rings is 1. The van der Waals surface area contributed by atoms with Gasteiger partial charge in [0.1, 0.15) is 0 Å². The molecule has 0 spiro atoms. The maximum absolute atomic E-state index is 13.2. The summed E-state index contributed by atoms with van der Waals surface area (Å²) in [5, 5.41) is 10.0. The molecule has 28 heavy (non-hydrogen) atoms. The predicted octanol–water partition coefficient (Wildman–Crippen LogP) is 3.29. The SMILES string of the molecule is CCC(CNS(=O)C1CC1)N1C(=O)C(CC(=O)O)CCC1c1ccc(Cl)cc1. The van der Waals surface area contributed by atoms with E-state index in [1.54, 1.807) is 0 Å². The van der Waals surface area contributed by atoms with Crippen LogP contribution in [0.3, 0.4) is 0 Å². The van der Waals surface area contributed by atoms with Gasteiger partial charge >= 0.3 is 5.97 Å². The Bertz CT molecular complexity index is 738. The predicted molar refractivity (Wildman–Crippen MR) is 109 cm³/mol. The first kappa shape index (κ1) is 21.3. The van der Waals surface area contributed by atoms with Crippen LogP contribution in [0, 0.1) is 5.92 Å². The third-order valence-corrected chi connectivity index (χ3v) is 7.34. The van der Waals surface area contributed by atoms with Crippen molar-refractivity contribution in [1.82, 2.24) is 9.62 Å². The average Bonchev–Trinajstić information content (AvgIpc) is 3.50. The van der Waals surface area contributed by atoms with Gasteiger partial charge in [-0.05, 0) is 49.8 Å². The highest BCUT2D eigenvalue weighted by Crippen LogP contribution is 2.38. The molecule has 1 amide bonds. The summed E-state index contributed by atoms with van der Waals surface area (Å²) >= 11 is 6.02. The summed E-state index contributed by atoms with van der Waals surface area (Å²) in [6.45, 7) is 2.44. The van der Waals surface area contributed by atoms with E-state index in [1.165, 1.54) is 0 Å². The van der Waals surface area contributed by atoms with Crippen molar-refractivity contribution >= 4 is 34.5 Å². The molecule has 154 valence electrons. The third-order valence-electron chi connectivity index (χ3n) is 5.56. The van der Waals surface area contributed by atoms with Crippen LogP contribution in [0.2, 0.25) is 5.02 Å². The fraction of sp³-hybridized carbons (Fsp3) is 0.600. The lowest BCUT2D eigenvalue weighted by Crippen LogP contribution is -2.52. The van der Waals surface area contributed by atoms with Crippen molar-refractivity contribution in [3.63, 3.8) is 0 Å². The number of hydrogen-bond acceptors (Lipinski definition) is 3. The van der Waals surface area contributed by atoms with Crippen LogP contribution in [-0.4, -0.2) is 43.9 Å². The molecule has 0 aromatic heterocycles. The zero-order chi connectivity index (χ0) is 20.3. The average molecular weight is 427 g/mol. The van der Waals surface area contributed by atoms with E-state index in [9.17, 15) is 18.9 Å². The molecule has 4 unspecified atom stereocenters. The van der Waals surface area contributed by atoms with Crippen LogP contribution in [0.5, 0.6) is 0 Å². The van der Waals surface area contributed by atoms with E-state index in [4.69, 9.17) is 11.6 Å². The highest BCUT2D eigenvalue weighted by molar-refractivity contribution is 7.84. The van der Waals surface area contributed by atoms with Gasteiger partial charge in [0.25, 0.3) is 0 Å². The molecule has 2 N–H and O–H groups in total. The van der Waals surface area contributed by atoms with Crippen molar-refractivity contribution in [2.45, 2.75) is 62.8 Å². The maximum atomic E-state index is 13.2. The Morgan fingerprint density at radius 3 is 2.54 bits per heavy atom. The molecule has 1 aromatic carbocycles. The number of hydrogen-bond donors (Lipinski definition) is 2. The Morgan fingerprint density at radius 1 is 1.29 bits per heavy atom. The molecule has 0 bridgehead atoms. The maximum Gasteiger partial charge on any atom is 0.304 e. The standard InChI is InChI=1S/C20H27ClN2O4S/c1-2-16(12-22-28(27)17-8-9-17)23-18(13-3-6-15(21)7-4-13)10-5-14(20(23)26)11-19(24)25/h3-4,6-7,14,16-18,22H,2,5,8-12H2,1H3,(H,24,25). The van der Waals surface area contributed by atoms with Gasteiger partial charge in [-0.2, -0.15) is 0 Å². The molecule has 1 heterocycles. The molecular weight excluding hydrogens is 400 g/mol. The number of nitrogens with one attached hydrogen (secondary N) is 1. The van der Waals surface area contributed by atoms with E-state index < -0.39 is 22.9 Å². The smallest absolute Gasteiger partial charge is 0.304 e. The van der Waals surface area contributed by atoms with Crippen LogP contribution in [0.25, 0.3) is 0 Å². The second-order valence-corrected chi connectivity index (χ2v) is 9.58. The lowest BCUT2D eigenvalue weighted by molar-refractivity contribution is -0.151. The Morgan fingerprint density at radius 2 is 1.96 bits per heavy atom. The normalized spacial score (nSPS) is 24.8. The first-order chi connectivity index (χ1) is 13.4. The van der Waals surface area contributed by atoms with Crippen molar-refractivity contribution < 1.29 is 18.9 Å². The fourth-order valence-electron chi connectivity index (χ4n) is 3.85. The van der Waals surface area contributed by atoms with Crippen molar-refractivity contribution in [3.05, 3.63) is 34.9 Å². The molecule has 1 saturated heterocycles. The van der Waals surface area contributed by atoms with Gasteiger partial charge in [-0.25, -0.2) is 8.93 Å². The van der Waals surface area contributed by atoms with E-state index in [0.717, 1.165) is 18.4 Å². The Labute approximate surface area is 173 Å². The summed E-state index contributed by atoms with van der Waals surface area (Å²) in [4.78, 5) is 26.3. The topological polar surface area (TPSA) is 86.7 Å². The molecular formula is C20H27ClN2O4S. The van der Waals surface area contributed by atoms with Crippen LogP contribution in [0.1, 0.15) is 57.1 Å². The van der Waals surface area contributed by atoms with Gasteiger partial charge in [0.05, 0.1) is 23.4 Å². The molecule has 0 radical (unpaired) electrons. The quantitative estimate of drug-likeness (QED) is 0.634. The van der Waals surface area contributed by atoms with Gasteiger partial charge in [-0.3, -0.25) is 9.59 Å². The molecule has 1 aromatic rings. The number of amides is 1. The molecule has 1 aliphatic carbocycles. The molecule has 3 rings (SSSR count). The van der Waals surface area contributed by atoms with Crippen LogP contribution >= 0.6 is 11.6 Å². The molecule has 8 heteroatoms. The summed E-state index contributed by atoms with van der Waals surface area (Å²) in [5.74, 6) is -1.59.